The molecule has 2 heterocycles. The number of aromatic nitrogens is 3. The van der Waals surface area contributed by atoms with Gasteiger partial charge in [0.15, 0.2) is 17.1 Å². The highest BCUT2D eigenvalue weighted by atomic mass is 79.9. The summed E-state index contributed by atoms with van der Waals surface area (Å²) in [7, 11) is 4.75. The van der Waals surface area contributed by atoms with Crippen LogP contribution in [0.3, 0.4) is 0 Å². The molecule has 0 saturated heterocycles. The summed E-state index contributed by atoms with van der Waals surface area (Å²) in [6, 6.07) is 1.91. The number of methoxy groups -OCH3 is 3. The first kappa shape index (κ1) is 19.9. The lowest BCUT2D eigenvalue weighted by Gasteiger charge is -2.18. The van der Waals surface area contributed by atoms with Crippen LogP contribution in [0.5, 0.6) is 17.2 Å². The van der Waals surface area contributed by atoms with Crippen molar-refractivity contribution in [3.05, 3.63) is 32.9 Å². The van der Waals surface area contributed by atoms with Gasteiger partial charge in [-0.2, -0.15) is 9.97 Å². The van der Waals surface area contributed by atoms with Gasteiger partial charge in [-0.3, -0.25) is 0 Å². The van der Waals surface area contributed by atoms with Crippen LogP contribution < -0.4 is 25.7 Å². The van der Waals surface area contributed by atoms with E-state index in [1.165, 1.54) is 0 Å². The van der Waals surface area contributed by atoms with Crippen molar-refractivity contribution in [1.29, 1.82) is 0 Å². The topological polar surface area (TPSA) is 118 Å². The Kier molecular flexibility index (Phi) is 5.46. The summed E-state index contributed by atoms with van der Waals surface area (Å²) in [5.41, 5.74) is 16.1. The van der Waals surface area contributed by atoms with Gasteiger partial charge in [-0.25, -0.2) is 4.98 Å². The van der Waals surface area contributed by atoms with E-state index in [1.54, 1.807) is 21.3 Å². The van der Waals surface area contributed by atoms with Crippen molar-refractivity contribution >= 4 is 38.7 Å². The number of ether oxygens (including phenoxy) is 3. The van der Waals surface area contributed by atoms with Gasteiger partial charge in [0.2, 0.25) is 11.7 Å². The van der Waals surface area contributed by atoms with E-state index in [9.17, 15) is 0 Å². The second-order valence-electron chi connectivity index (χ2n) is 6.26. The lowest BCUT2D eigenvalue weighted by Crippen LogP contribution is -2.07. The maximum absolute atomic E-state index is 6.09. The molecule has 0 bridgehead atoms. The lowest BCUT2D eigenvalue weighted by molar-refractivity contribution is 0.322. The minimum absolute atomic E-state index is 0.108. The molecule has 0 radical (unpaired) electrons. The number of benzene rings is 1. The number of nitrogen functional groups attached to an aromatic ring is 2. The summed E-state index contributed by atoms with van der Waals surface area (Å²) in [4.78, 5) is 12.9. The Balaban J connectivity index is 2.21. The van der Waals surface area contributed by atoms with Crippen molar-refractivity contribution < 1.29 is 14.2 Å². The Morgan fingerprint density at radius 1 is 0.964 bits per heavy atom. The third-order valence-corrected chi connectivity index (χ3v) is 5.55. The fourth-order valence-electron chi connectivity index (χ4n) is 3.32. The maximum Gasteiger partial charge on any atom is 0.224 e. The van der Waals surface area contributed by atoms with E-state index >= 15 is 0 Å². The number of halogens is 1. The molecule has 1 aromatic carbocycles. The SMILES string of the molecule is COc1cc(Cc2c(C)nc3nc(N)nc(N)c3c2C)c(Br)c(OC)c1OC. The number of rotatable bonds is 5. The molecule has 0 fully saturated rings. The van der Waals surface area contributed by atoms with Gasteiger partial charge in [0.05, 0.1) is 31.2 Å². The average molecular weight is 448 g/mol. The van der Waals surface area contributed by atoms with Gasteiger partial charge in [0.25, 0.3) is 0 Å². The third-order valence-electron chi connectivity index (χ3n) is 4.69. The van der Waals surface area contributed by atoms with E-state index in [2.05, 4.69) is 30.9 Å². The first-order valence-corrected chi connectivity index (χ1v) is 9.27. The Morgan fingerprint density at radius 3 is 2.25 bits per heavy atom. The zero-order chi connectivity index (χ0) is 20.6. The van der Waals surface area contributed by atoms with Gasteiger partial charge in [-0.1, -0.05) is 0 Å². The molecular formula is C19H22BrN5O3. The number of aryl methyl sites for hydroxylation is 2. The number of anilines is 2. The Morgan fingerprint density at radius 2 is 1.64 bits per heavy atom. The predicted molar refractivity (Wildman–Crippen MR) is 112 cm³/mol. The molecule has 0 aliphatic rings. The van der Waals surface area contributed by atoms with Crippen LogP contribution in [0.1, 0.15) is 22.4 Å². The monoisotopic (exact) mass is 447 g/mol. The van der Waals surface area contributed by atoms with E-state index in [1.807, 2.05) is 19.9 Å². The molecule has 0 aliphatic heterocycles. The van der Waals surface area contributed by atoms with E-state index in [0.29, 0.717) is 40.5 Å². The highest BCUT2D eigenvalue weighted by molar-refractivity contribution is 9.10. The smallest absolute Gasteiger partial charge is 0.224 e. The number of hydrogen-bond donors (Lipinski definition) is 2. The average Bonchev–Trinajstić information content (AvgIpc) is 2.64. The van der Waals surface area contributed by atoms with Gasteiger partial charge in [-0.15, -0.1) is 0 Å². The number of fused-ring (bicyclic) bond motifs is 1. The minimum Gasteiger partial charge on any atom is -0.493 e. The fraction of sp³-hybridized carbons (Fsp3) is 0.316. The van der Waals surface area contributed by atoms with Crippen molar-refractivity contribution in [2.45, 2.75) is 20.3 Å². The first-order valence-electron chi connectivity index (χ1n) is 8.48. The van der Waals surface area contributed by atoms with E-state index in [4.69, 9.17) is 25.7 Å². The maximum atomic E-state index is 6.09. The standard InChI is InChI=1S/C19H22BrN5O3/c1-8-11(9(2)23-18-13(8)17(21)24-19(22)25-18)6-10-7-12(26-3)15(27-4)16(28-5)14(10)20/h7H,6H2,1-5H3,(H4,21,22,23,24,25). The molecule has 3 aromatic rings. The highest BCUT2D eigenvalue weighted by Gasteiger charge is 2.21. The number of pyridine rings is 1. The van der Waals surface area contributed by atoms with Gasteiger partial charge >= 0.3 is 0 Å². The van der Waals surface area contributed by atoms with Crippen LogP contribution in [-0.4, -0.2) is 36.3 Å². The first-order chi connectivity index (χ1) is 13.3. The van der Waals surface area contributed by atoms with E-state index < -0.39 is 0 Å². The minimum atomic E-state index is 0.108. The molecule has 0 unspecified atom stereocenters. The van der Waals surface area contributed by atoms with Gasteiger partial charge < -0.3 is 25.7 Å². The van der Waals surface area contributed by atoms with Crippen molar-refractivity contribution in [3.63, 3.8) is 0 Å². The van der Waals surface area contributed by atoms with Crippen LogP contribution in [0.15, 0.2) is 10.5 Å². The summed E-state index contributed by atoms with van der Waals surface area (Å²) >= 11 is 3.63. The van der Waals surface area contributed by atoms with Crippen molar-refractivity contribution in [3.8, 4) is 17.2 Å². The molecule has 0 spiro atoms. The Labute approximate surface area is 171 Å². The third kappa shape index (κ3) is 3.26. The van der Waals surface area contributed by atoms with Crippen LogP contribution in [0.2, 0.25) is 0 Å². The molecule has 0 atom stereocenters. The predicted octanol–water partition coefficient (Wildman–Crippen LogP) is 3.19. The molecule has 4 N–H and O–H groups in total. The number of nitrogens with two attached hydrogens (primary N) is 2. The summed E-state index contributed by atoms with van der Waals surface area (Å²) in [6.07, 6.45) is 0.571. The summed E-state index contributed by atoms with van der Waals surface area (Å²) in [5, 5.41) is 0.707. The normalized spacial score (nSPS) is 10.9. The Hall–Kier alpha value is -2.81. The van der Waals surface area contributed by atoms with Crippen molar-refractivity contribution in [1.82, 2.24) is 15.0 Å². The van der Waals surface area contributed by atoms with Crippen LogP contribution >= 0.6 is 15.9 Å². The Bertz CT molecular complexity index is 1070. The molecule has 2 aromatic heterocycles. The molecule has 9 heteroatoms. The molecule has 148 valence electrons. The molecule has 28 heavy (non-hydrogen) atoms. The summed E-state index contributed by atoms with van der Waals surface area (Å²) in [5.74, 6) is 2.10. The number of hydrogen-bond acceptors (Lipinski definition) is 8. The number of nitrogens with zero attached hydrogens (tertiary/aromatic N) is 3. The molecule has 0 amide bonds. The van der Waals surface area contributed by atoms with Gasteiger partial charge in [0, 0.05) is 12.1 Å². The highest BCUT2D eigenvalue weighted by Crippen LogP contribution is 2.45. The van der Waals surface area contributed by atoms with E-state index in [0.717, 1.165) is 26.9 Å². The van der Waals surface area contributed by atoms with Gasteiger partial charge in [-0.05, 0) is 52.5 Å². The zero-order valence-electron chi connectivity index (χ0n) is 16.4. The van der Waals surface area contributed by atoms with Crippen LogP contribution in [-0.2, 0) is 6.42 Å². The van der Waals surface area contributed by atoms with Crippen molar-refractivity contribution in [2.75, 3.05) is 32.8 Å². The van der Waals surface area contributed by atoms with Crippen molar-refractivity contribution in [2.24, 2.45) is 0 Å². The molecule has 8 nitrogen and oxygen atoms in total. The molecule has 0 aliphatic carbocycles. The lowest BCUT2D eigenvalue weighted by atomic mass is 9.96. The quantitative estimate of drug-likeness (QED) is 0.611. The summed E-state index contributed by atoms with van der Waals surface area (Å²) < 4.78 is 17.2. The van der Waals surface area contributed by atoms with E-state index in [-0.39, 0.29) is 5.95 Å². The fourth-order valence-corrected chi connectivity index (χ4v) is 3.92. The second-order valence-corrected chi connectivity index (χ2v) is 7.05. The summed E-state index contributed by atoms with van der Waals surface area (Å²) in [6.45, 7) is 3.91. The van der Waals surface area contributed by atoms with Gasteiger partial charge in [0.1, 0.15) is 5.82 Å². The second kappa shape index (κ2) is 7.67. The van der Waals surface area contributed by atoms with Crippen LogP contribution in [0.4, 0.5) is 11.8 Å². The molecule has 0 saturated carbocycles. The largest absolute Gasteiger partial charge is 0.493 e. The molecule has 3 rings (SSSR count). The zero-order valence-corrected chi connectivity index (χ0v) is 18.0. The molecular weight excluding hydrogens is 426 g/mol. The van der Waals surface area contributed by atoms with Crippen LogP contribution in [0.25, 0.3) is 11.0 Å². The van der Waals surface area contributed by atoms with Crippen LogP contribution in [0, 0.1) is 13.8 Å².